The number of nitriles is 1. The number of H-pyrrole nitrogens is 1. The summed E-state index contributed by atoms with van der Waals surface area (Å²) < 4.78 is 5.40. The number of aromatic nitrogens is 1. The Bertz CT molecular complexity index is 1150. The molecule has 3 amide bonds. The van der Waals surface area contributed by atoms with Crippen molar-refractivity contribution in [1.29, 1.82) is 5.26 Å². The molecule has 2 fully saturated rings. The van der Waals surface area contributed by atoms with Crippen LogP contribution in [0.1, 0.15) is 29.8 Å². The van der Waals surface area contributed by atoms with Crippen molar-refractivity contribution < 1.29 is 19.1 Å². The maximum absolute atomic E-state index is 13.5. The summed E-state index contributed by atoms with van der Waals surface area (Å²) in [6, 6.07) is 8.65. The zero-order valence-electron chi connectivity index (χ0n) is 19.8. The minimum atomic E-state index is -1.84. The number of ether oxygens (including phenoxy) is 1. The molecule has 3 atom stereocenters. The third kappa shape index (κ3) is 4.80. The van der Waals surface area contributed by atoms with Gasteiger partial charge in [0.05, 0.1) is 21.3 Å². The number of aromatic amines is 1. The second-order valence-electron chi connectivity index (χ2n) is 9.98. The standard InChI is InChI=1S/C24H31N5O4Si/c1-33-21-8-4-7-18-17(21)11-19(28-18)24(32)29-14-34(2,3)13-20(29)23(31)27-16(12-25)10-15-6-5-9-26-22(15)30/h4,7-8,11,15-16,20,28H,5-6,9-10,13-14H2,1-3H3,(H,26,30)(H,27,31). The summed E-state index contributed by atoms with van der Waals surface area (Å²) in [4.78, 5) is 43.7. The topological polar surface area (TPSA) is 127 Å². The van der Waals surface area contributed by atoms with Crippen LogP contribution < -0.4 is 15.4 Å². The molecule has 10 heteroatoms. The zero-order valence-corrected chi connectivity index (χ0v) is 20.8. The average molecular weight is 482 g/mol. The molecule has 3 N–H and O–H groups in total. The lowest BCUT2D eigenvalue weighted by Gasteiger charge is -2.27. The largest absolute Gasteiger partial charge is 0.496 e. The molecule has 3 unspecified atom stereocenters. The van der Waals surface area contributed by atoms with E-state index in [4.69, 9.17) is 4.74 Å². The van der Waals surface area contributed by atoms with E-state index in [1.807, 2.05) is 18.2 Å². The van der Waals surface area contributed by atoms with E-state index in [0.29, 0.717) is 36.6 Å². The first-order valence-corrected chi connectivity index (χ1v) is 15.1. The van der Waals surface area contributed by atoms with E-state index in [9.17, 15) is 19.6 Å². The van der Waals surface area contributed by atoms with E-state index in [2.05, 4.69) is 34.8 Å². The van der Waals surface area contributed by atoms with Gasteiger partial charge in [0.2, 0.25) is 11.8 Å². The highest BCUT2D eigenvalue weighted by Gasteiger charge is 2.45. The maximum Gasteiger partial charge on any atom is 0.270 e. The number of hydrogen-bond donors (Lipinski definition) is 3. The van der Waals surface area contributed by atoms with E-state index >= 15 is 0 Å². The van der Waals surface area contributed by atoms with Gasteiger partial charge in [-0.1, -0.05) is 19.2 Å². The van der Waals surface area contributed by atoms with Gasteiger partial charge in [-0.3, -0.25) is 14.4 Å². The molecule has 0 saturated carbocycles. The molecule has 2 aliphatic heterocycles. The molecule has 0 spiro atoms. The van der Waals surface area contributed by atoms with Crippen LogP contribution in [0.3, 0.4) is 0 Å². The molecule has 2 aliphatic rings. The van der Waals surface area contributed by atoms with Crippen LogP contribution in [0, 0.1) is 17.2 Å². The van der Waals surface area contributed by atoms with Crippen LogP contribution in [0.5, 0.6) is 5.75 Å². The number of piperidine rings is 1. The highest BCUT2D eigenvalue weighted by Crippen LogP contribution is 2.31. The summed E-state index contributed by atoms with van der Waals surface area (Å²) >= 11 is 0. The molecule has 0 bridgehead atoms. The van der Waals surface area contributed by atoms with Crippen LogP contribution in [0.2, 0.25) is 19.1 Å². The van der Waals surface area contributed by atoms with Gasteiger partial charge in [0.15, 0.2) is 0 Å². The van der Waals surface area contributed by atoms with Gasteiger partial charge in [-0.15, -0.1) is 0 Å². The molecule has 0 radical (unpaired) electrons. The van der Waals surface area contributed by atoms with Crippen molar-refractivity contribution in [2.45, 2.75) is 50.5 Å². The highest BCUT2D eigenvalue weighted by atomic mass is 28.3. The molecule has 34 heavy (non-hydrogen) atoms. The van der Waals surface area contributed by atoms with E-state index in [1.54, 1.807) is 18.1 Å². The SMILES string of the molecule is COc1cccc2[nH]c(C(=O)N3C[Si](C)(C)CC3C(=O)NC(C#N)CC3CCCNC3=O)cc12. The molecule has 1 aromatic heterocycles. The van der Waals surface area contributed by atoms with Gasteiger partial charge >= 0.3 is 0 Å². The summed E-state index contributed by atoms with van der Waals surface area (Å²) in [6.07, 6.45) is 2.40. The first-order valence-electron chi connectivity index (χ1n) is 11.7. The molecule has 1 aromatic carbocycles. The minimum Gasteiger partial charge on any atom is -0.496 e. The predicted molar refractivity (Wildman–Crippen MR) is 130 cm³/mol. The molecule has 2 aromatic rings. The number of amides is 3. The molecule has 2 saturated heterocycles. The third-order valence-corrected chi connectivity index (χ3v) is 9.44. The van der Waals surface area contributed by atoms with E-state index in [-0.39, 0.29) is 30.1 Å². The van der Waals surface area contributed by atoms with Crippen molar-refractivity contribution in [3.8, 4) is 11.8 Å². The Morgan fingerprint density at radius 3 is 2.88 bits per heavy atom. The Morgan fingerprint density at radius 1 is 1.38 bits per heavy atom. The monoisotopic (exact) mass is 481 g/mol. The number of nitrogens with zero attached hydrogens (tertiary/aromatic N) is 2. The second-order valence-corrected chi connectivity index (χ2v) is 15.0. The normalized spacial score (nSPS) is 22.6. The second kappa shape index (κ2) is 9.50. The summed E-state index contributed by atoms with van der Waals surface area (Å²) in [5, 5.41) is 16.1. The molecule has 180 valence electrons. The van der Waals surface area contributed by atoms with Crippen LogP contribution in [0.4, 0.5) is 0 Å². The van der Waals surface area contributed by atoms with Crippen LogP contribution in [0.25, 0.3) is 10.9 Å². The summed E-state index contributed by atoms with van der Waals surface area (Å²) in [5.74, 6) is -0.255. The molecule has 9 nitrogen and oxygen atoms in total. The van der Waals surface area contributed by atoms with Crippen molar-refractivity contribution in [2.24, 2.45) is 5.92 Å². The van der Waals surface area contributed by atoms with Gasteiger partial charge in [-0.25, -0.2) is 0 Å². The summed E-state index contributed by atoms with van der Waals surface area (Å²) in [6.45, 7) is 4.96. The highest BCUT2D eigenvalue weighted by molar-refractivity contribution is 6.79. The Labute approximate surface area is 199 Å². The van der Waals surface area contributed by atoms with Gasteiger partial charge in [-0.2, -0.15) is 5.26 Å². The van der Waals surface area contributed by atoms with Crippen molar-refractivity contribution in [2.75, 3.05) is 19.8 Å². The lowest BCUT2D eigenvalue weighted by molar-refractivity contribution is -0.128. The van der Waals surface area contributed by atoms with Crippen molar-refractivity contribution in [3.63, 3.8) is 0 Å². The van der Waals surface area contributed by atoms with Crippen molar-refractivity contribution in [3.05, 3.63) is 30.0 Å². The Balaban J connectivity index is 1.52. The first-order chi connectivity index (χ1) is 16.2. The van der Waals surface area contributed by atoms with Gasteiger partial charge in [0.1, 0.15) is 23.5 Å². The van der Waals surface area contributed by atoms with E-state index in [0.717, 1.165) is 17.3 Å². The van der Waals surface area contributed by atoms with Gasteiger partial charge in [0.25, 0.3) is 5.91 Å². The van der Waals surface area contributed by atoms with Crippen molar-refractivity contribution in [1.82, 2.24) is 20.5 Å². The quantitative estimate of drug-likeness (QED) is 0.545. The van der Waals surface area contributed by atoms with E-state index in [1.165, 1.54) is 0 Å². The molecular formula is C24H31N5O4Si. The fourth-order valence-electron chi connectivity index (χ4n) is 5.05. The van der Waals surface area contributed by atoms with Crippen LogP contribution >= 0.6 is 0 Å². The third-order valence-electron chi connectivity index (χ3n) is 6.75. The van der Waals surface area contributed by atoms with Crippen LogP contribution in [0.15, 0.2) is 24.3 Å². The molecule has 0 aliphatic carbocycles. The smallest absolute Gasteiger partial charge is 0.270 e. The number of hydrogen-bond acceptors (Lipinski definition) is 5. The number of carbonyl (C=O) groups excluding carboxylic acids is 3. The summed E-state index contributed by atoms with van der Waals surface area (Å²) in [7, 11) is -0.253. The van der Waals surface area contributed by atoms with Crippen LogP contribution in [-0.2, 0) is 9.59 Å². The van der Waals surface area contributed by atoms with Crippen LogP contribution in [-0.4, -0.2) is 67.6 Å². The number of fused-ring (bicyclic) bond motifs is 1. The minimum absolute atomic E-state index is 0.0683. The number of rotatable bonds is 6. The number of carbonyl (C=O) groups is 3. The van der Waals surface area contributed by atoms with Gasteiger partial charge in [0, 0.05) is 29.5 Å². The molecule has 3 heterocycles. The fourth-order valence-corrected chi connectivity index (χ4v) is 7.92. The summed E-state index contributed by atoms with van der Waals surface area (Å²) in [5.41, 5.74) is 1.19. The van der Waals surface area contributed by atoms with Gasteiger partial charge < -0.3 is 25.3 Å². The predicted octanol–water partition coefficient (Wildman–Crippen LogP) is 2.17. The number of nitrogens with one attached hydrogen (secondary N) is 3. The Kier molecular flexibility index (Phi) is 6.66. The fraction of sp³-hybridized carbons (Fsp3) is 0.500. The Morgan fingerprint density at radius 2 is 2.18 bits per heavy atom. The Hall–Kier alpha value is -3.32. The van der Waals surface area contributed by atoms with Gasteiger partial charge in [-0.05, 0) is 43.5 Å². The number of methoxy groups -OCH3 is 1. The molecule has 4 rings (SSSR count). The van der Waals surface area contributed by atoms with E-state index < -0.39 is 20.2 Å². The molecular weight excluding hydrogens is 450 g/mol. The number of benzene rings is 1. The lowest BCUT2D eigenvalue weighted by atomic mass is 9.92. The maximum atomic E-state index is 13.5. The first kappa shape index (κ1) is 23.8. The van der Waals surface area contributed by atoms with Crippen molar-refractivity contribution >= 4 is 36.7 Å². The lowest BCUT2D eigenvalue weighted by Crippen LogP contribution is -2.49. The average Bonchev–Trinajstić information content (AvgIpc) is 3.40. The zero-order chi connectivity index (χ0) is 24.5.